The van der Waals surface area contributed by atoms with E-state index in [1.54, 1.807) is 24.3 Å². The van der Waals surface area contributed by atoms with Crippen molar-refractivity contribution >= 4 is 40.6 Å². The van der Waals surface area contributed by atoms with Crippen LogP contribution in [0.25, 0.3) is 6.08 Å². The lowest BCUT2D eigenvalue weighted by Crippen LogP contribution is -2.27. The fourth-order valence-corrected chi connectivity index (χ4v) is 4.33. The molecule has 2 amide bonds. The number of aryl methyl sites for hydroxylation is 1. The van der Waals surface area contributed by atoms with E-state index in [9.17, 15) is 9.59 Å². The van der Waals surface area contributed by atoms with Gasteiger partial charge >= 0.3 is 0 Å². The van der Waals surface area contributed by atoms with Crippen LogP contribution in [0.15, 0.2) is 77.7 Å². The van der Waals surface area contributed by atoms with Gasteiger partial charge in [-0.15, -0.1) is 0 Å². The van der Waals surface area contributed by atoms with Crippen LogP contribution in [-0.2, 0) is 17.9 Å². The lowest BCUT2D eigenvalue weighted by molar-refractivity contribution is -0.123. The zero-order valence-corrected chi connectivity index (χ0v) is 18.5. The molecule has 0 radical (unpaired) electrons. The van der Waals surface area contributed by atoms with Gasteiger partial charge in [0.2, 0.25) is 0 Å². The second-order valence-electron chi connectivity index (χ2n) is 7.21. The van der Waals surface area contributed by atoms with Gasteiger partial charge in [-0.1, -0.05) is 71.8 Å². The van der Waals surface area contributed by atoms with Crippen molar-refractivity contribution in [3.63, 3.8) is 0 Å². The third-order valence-corrected chi connectivity index (χ3v) is 5.93. The summed E-state index contributed by atoms with van der Waals surface area (Å²) in [5, 5.41) is 0.272. The van der Waals surface area contributed by atoms with Crippen LogP contribution >= 0.6 is 23.4 Å². The Morgan fingerprint density at radius 2 is 1.74 bits per heavy atom. The van der Waals surface area contributed by atoms with E-state index in [1.165, 1.54) is 10.5 Å². The molecule has 0 N–H and O–H groups in total. The van der Waals surface area contributed by atoms with E-state index in [0.29, 0.717) is 22.3 Å². The number of nitrogens with zero attached hydrogens (tertiary/aromatic N) is 1. The van der Waals surface area contributed by atoms with Crippen molar-refractivity contribution in [3.8, 4) is 5.75 Å². The third kappa shape index (κ3) is 5.19. The first-order valence-corrected chi connectivity index (χ1v) is 11.0. The van der Waals surface area contributed by atoms with Gasteiger partial charge in [-0.2, -0.15) is 0 Å². The molecule has 156 valence electrons. The predicted molar refractivity (Wildman–Crippen MR) is 125 cm³/mol. The Morgan fingerprint density at radius 3 is 2.55 bits per heavy atom. The van der Waals surface area contributed by atoms with Gasteiger partial charge in [-0.05, 0) is 54.1 Å². The summed E-state index contributed by atoms with van der Waals surface area (Å²) in [6, 6.07) is 22.8. The number of para-hydroxylation sites is 1. The van der Waals surface area contributed by atoms with Gasteiger partial charge in [0.05, 0.1) is 11.4 Å². The van der Waals surface area contributed by atoms with Gasteiger partial charge in [-0.25, -0.2) is 0 Å². The number of hydrogen-bond donors (Lipinski definition) is 0. The molecule has 31 heavy (non-hydrogen) atoms. The molecule has 1 aliphatic heterocycles. The SMILES string of the molecule is Cc1cccc(COc2ccccc2/C=C2\SC(=O)N(Cc3cccc(Cl)c3)C2=O)c1. The van der Waals surface area contributed by atoms with Crippen LogP contribution in [-0.4, -0.2) is 16.0 Å². The number of rotatable bonds is 6. The molecule has 6 heteroatoms. The molecule has 0 saturated carbocycles. The zero-order valence-electron chi connectivity index (χ0n) is 16.9. The Bertz CT molecular complexity index is 1170. The standard InChI is InChI=1S/C25H20ClNO3S/c1-17-6-4-8-19(12-17)16-30-22-11-3-2-9-20(22)14-23-24(28)27(25(29)31-23)15-18-7-5-10-21(26)13-18/h2-14H,15-16H2,1H3/b23-14-. The van der Waals surface area contributed by atoms with E-state index in [4.69, 9.17) is 16.3 Å². The van der Waals surface area contributed by atoms with Gasteiger partial charge in [0.15, 0.2) is 0 Å². The van der Waals surface area contributed by atoms with Crippen molar-refractivity contribution in [2.24, 2.45) is 0 Å². The molecular formula is C25H20ClNO3S. The Morgan fingerprint density at radius 1 is 0.968 bits per heavy atom. The van der Waals surface area contributed by atoms with Crippen molar-refractivity contribution in [2.75, 3.05) is 0 Å². The monoisotopic (exact) mass is 449 g/mol. The van der Waals surface area contributed by atoms with E-state index in [-0.39, 0.29) is 17.7 Å². The number of hydrogen-bond acceptors (Lipinski definition) is 4. The van der Waals surface area contributed by atoms with Gasteiger partial charge < -0.3 is 4.74 Å². The number of carbonyl (C=O) groups excluding carboxylic acids is 2. The summed E-state index contributed by atoms with van der Waals surface area (Å²) in [7, 11) is 0. The smallest absolute Gasteiger partial charge is 0.293 e. The number of imide groups is 1. The molecule has 3 aromatic rings. The summed E-state index contributed by atoms with van der Waals surface area (Å²) in [6.45, 7) is 2.65. The first-order chi connectivity index (χ1) is 15.0. The topological polar surface area (TPSA) is 46.6 Å². The highest BCUT2D eigenvalue weighted by Crippen LogP contribution is 2.35. The highest BCUT2D eigenvalue weighted by molar-refractivity contribution is 8.18. The average Bonchev–Trinajstić information content (AvgIpc) is 3.01. The van der Waals surface area contributed by atoms with Crippen LogP contribution in [0.4, 0.5) is 4.79 Å². The second kappa shape index (κ2) is 9.41. The van der Waals surface area contributed by atoms with Gasteiger partial charge in [0.25, 0.3) is 11.1 Å². The molecule has 1 saturated heterocycles. The molecule has 0 aromatic heterocycles. The quantitative estimate of drug-likeness (QED) is 0.405. The van der Waals surface area contributed by atoms with Gasteiger partial charge in [0.1, 0.15) is 12.4 Å². The lowest BCUT2D eigenvalue weighted by Gasteiger charge is -2.12. The van der Waals surface area contributed by atoms with E-state index in [2.05, 4.69) is 6.07 Å². The van der Waals surface area contributed by atoms with Crippen LogP contribution in [0.3, 0.4) is 0 Å². The highest BCUT2D eigenvalue weighted by Gasteiger charge is 2.35. The Kier molecular flexibility index (Phi) is 6.44. The fraction of sp³-hybridized carbons (Fsp3) is 0.120. The summed E-state index contributed by atoms with van der Waals surface area (Å²) in [5.41, 5.74) is 3.79. The minimum atomic E-state index is -0.316. The van der Waals surface area contributed by atoms with E-state index in [0.717, 1.165) is 28.5 Å². The van der Waals surface area contributed by atoms with Crippen molar-refractivity contribution in [3.05, 3.63) is 105 Å². The fourth-order valence-electron chi connectivity index (χ4n) is 3.29. The molecule has 4 rings (SSSR count). The van der Waals surface area contributed by atoms with Crippen molar-refractivity contribution < 1.29 is 14.3 Å². The normalized spacial score (nSPS) is 15.0. The highest BCUT2D eigenvalue weighted by atomic mass is 35.5. The van der Waals surface area contributed by atoms with Crippen molar-refractivity contribution in [2.45, 2.75) is 20.1 Å². The average molecular weight is 450 g/mol. The lowest BCUT2D eigenvalue weighted by atomic mass is 10.1. The summed E-state index contributed by atoms with van der Waals surface area (Å²) < 4.78 is 6.01. The molecule has 0 aliphatic carbocycles. The van der Waals surface area contributed by atoms with Crippen molar-refractivity contribution in [1.29, 1.82) is 0 Å². The van der Waals surface area contributed by atoms with Crippen LogP contribution in [0.2, 0.25) is 5.02 Å². The van der Waals surface area contributed by atoms with Crippen LogP contribution in [0, 0.1) is 6.92 Å². The van der Waals surface area contributed by atoms with E-state index < -0.39 is 0 Å². The van der Waals surface area contributed by atoms with E-state index in [1.807, 2.05) is 55.5 Å². The maximum atomic E-state index is 12.9. The minimum Gasteiger partial charge on any atom is -0.488 e. The summed E-state index contributed by atoms with van der Waals surface area (Å²) in [4.78, 5) is 27.0. The number of amides is 2. The Balaban J connectivity index is 1.52. The van der Waals surface area contributed by atoms with Crippen LogP contribution in [0.5, 0.6) is 5.75 Å². The first-order valence-electron chi connectivity index (χ1n) is 9.77. The molecule has 1 fully saturated rings. The summed E-state index contributed by atoms with van der Waals surface area (Å²) >= 11 is 6.96. The molecule has 0 spiro atoms. The Labute approximate surface area is 190 Å². The molecule has 1 heterocycles. The molecule has 0 unspecified atom stereocenters. The molecule has 0 atom stereocenters. The number of ether oxygens (including phenoxy) is 1. The number of carbonyl (C=O) groups is 2. The number of thioether (sulfide) groups is 1. The second-order valence-corrected chi connectivity index (χ2v) is 8.64. The number of benzene rings is 3. The minimum absolute atomic E-state index is 0.189. The van der Waals surface area contributed by atoms with E-state index >= 15 is 0 Å². The van der Waals surface area contributed by atoms with Gasteiger partial charge in [0, 0.05) is 10.6 Å². The van der Waals surface area contributed by atoms with Crippen LogP contribution < -0.4 is 4.74 Å². The maximum absolute atomic E-state index is 12.9. The summed E-state index contributed by atoms with van der Waals surface area (Å²) in [5.74, 6) is 0.342. The first kappa shape index (κ1) is 21.2. The maximum Gasteiger partial charge on any atom is 0.293 e. The molecule has 0 bridgehead atoms. The largest absolute Gasteiger partial charge is 0.488 e. The summed E-state index contributed by atoms with van der Waals surface area (Å²) in [6.07, 6.45) is 1.72. The third-order valence-electron chi connectivity index (χ3n) is 4.79. The zero-order chi connectivity index (χ0) is 21.8. The Hall–Kier alpha value is -3.02. The van der Waals surface area contributed by atoms with Gasteiger partial charge in [-0.3, -0.25) is 14.5 Å². The van der Waals surface area contributed by atoms with Crippen molar-refractivity contribution in [1.82, 2.24) is 4.90 Å². The van der Waals surface area contributed by atoms with Crippen LogP contribution in [0.1, 0.15) is 22.3 Å². The number of halogens is 1. The predicted octanol–water partition coefficient (Wildman–Crippen LogP) is 6.46. The molecule has 4 nitrogen and oxygen atoms in total. The molecule has 1 aliphatic rings. The molecule has 3 aromatic carbocycles. The molecular weight excluding hydrogens is 430 g/mol.